The van der Waals surface area contributed by atoms with Crippen LogP contribution in [0.2, 0.25) is 0 Å². The van der Waals surface area contributed by atoms with Gasteiger partial charge in [-0.05, 0) is 38.0 Å². The van der Waals surface area contributed by atoms with Crippen molar-refractivity contribution in [1.29, 1.82) is 0 Å². The molecule has 2 fully saturated rings. The molecule has 34 heavy (non-hydrogen) atoms. The molecule has 11 heteroatoms. The van der Waals surface area contributed by atoms with Gasteiger partial charge in [-0.1, -0.05) is 12.8 Å². The maximum Gasteiger partial charge on any atom is 0.337 e. The van der Waals surface area contributed by atoms with E-state index in [1.165, 1.54) is 37.3 Å². The molecule has 0 aromatic heterocycles. The fourth-order valence-electron chi connectivity index (χ4n) is 4.53. The molecule has 1 heterocycles. The summed E-state index contributed by atoms with van der Waals surface area (Å²) in [6, 6.07) is 2.31. The van der Waals surface area contributed by atoms with E-state index < -0.39 is 23.9 Å². The van der Waals surface area contributed by atoms with Crippen LogP contribution in [0.5, 0.6) is 0 Å². The van der Waals surface area contributed by atoms with Crippen molar-refractivity contribution in [3.05, 3.63) is 29.3 Å². The first-order valence-electron chi connectivity index (χ1n) is 11.3. The average molecular weight is 475 g/mol. The van der Waals surface area contributed by atoms with Crippen LogP contribution in [0.15, 0.2) is 18.2 Å². The maximum atomic E-state index is 12.9. The molecule has 1 saturated carbocycles. The molecule has 3 rings (SSSR count). The zero-order valence-corrected chi connectivity index (χ0v) is 19.5. The van der Waals surface area contributed by atoms with Gasteiger partial charge in [-0.2, -0.15) is 0 Å². The molecular formula is C23H30N4O7. The van der Waals surface area contributed by atoms with Gasteiger partial charge < -0.3 is 30.3 Å². The molecular weight excluding hydrogens is 444 g/mol. The van der Waals surface area contributed by atoms with Crippen LogP contribution in [0.1, 0.15) is 59.7 Å². The average Bonchev–Trinajstić information content (AvgIpc) is 2.83. The highest BCUT2D eigenvalue weighted by molar-refractivity contribution is 6.01. The van der Waals surface area contributed by atoms with Crippen LogP contribution in [-0.2, 0) is 19.1 Å². The van der Waals surface area contributed by atoms with Crippen molar-refractivity contribution in [2.24, 2.45) is 0 Å². The number of carbonyl (C=O) groups excluding carboxylic acids is 5. The van der Waals surface area contributed by atoms with E-state index in [0.29, 0.717) is 6.54 Å². The Kier molecular flexibility index (Phi) is 8.08. The normalized spacial score (nSPS) is 21.6. The highest BCUT2D eigenvalue weighted by Crippen LogP contribution is 2.30. The van der Waals surface area contributed by atoms with Crippen LogP contribution < -0.4 is 16.0 Å². The second-order valence-electron chi connectivity index (χ2n) is 8.26. The lowest BCUT2D eigenvalue weighted by atomic mass is 9.85. The van der Waals surface area contributed by atoms with Gasteiger partial charge in [0.1, 0.15) is 6.04 Å². The largest absolute Gasteiger partial charge is 0.465 e. The summed E-state index contributed by atoms with van der Waals surface area (Å²) in [5.74, 6) is -2.33. The fourth-order valence-corrected chi connectivity index (χ4v) is 4.53. The Morgan fingerprint density at radius 3 is 2.24 bits per heavy atom. The Morgan fingerprint density at radius 2 is 1.65 bits per heavy atom. The number of anilines is 1. The van der Waals surface area contributed by atoms with E-state index in [0.717, 1.165) is 25.7 Å². The second-order valence-corrected chi connectivity index (χ2v) is 8.26. The van der Waals surface area contributed by atoms with Crippen LogP contribution >= 0.6 is 0 Å². The van der Waals surface area contributed by atoms with E-state index in [9.17, 15) is 24.0 Å². The van der Waals surface area contributed by atoms with Crippen LogP contribution in [0.3, 0.4) is 0 Å². The standard InChI is InChI=1S/C23H30N4O7/c1-4-24-23(32)27-17-8-6-5-7-16(17)26-20(29)18(27)12-19(28)25-15-10-13(21(30)33-2)9-14(11-15)22(31)34-3/h9-11,16-18H,4-8,12H2,1-3H3,(H,24,32)(H,25,28)(H,26,29)/t16-,17+,18-/m1/s1. The molecule has 1 aliphatic carbocycles. The van der Waals surface area contributed by atoms with Crippen molar-refractivity contribution in [2.45, 2.75) is 57.2 Å². The van der Waals surface area contributed by atoms with Crippen molar-refractivity contribution in [3.63, 3.8) is 0 Å². The predicted octanol–water partition coefficient (Wildman–Crippen LogP) is 1.43. The Bertz CT molecular complexity index is 946. The third-order valence-electron chi connectivity index (χ3n) is 6.05. The maximum absolute atomic E-state index is 12.9. The lowest BCUT2D eigenvalue weighted by Crippen LogP contribution is -2.69. The lowest BCUT2D eigenvalue weighted by molar-refractivity contribution is -0.135. The van der Waals surface area contributed by atoms with Gasteiger partial charge >= 0.3 is 18.0 Å². The number of piperazine rings is 1. The number of carbonyl (C=O) groups is 5. The van der Waals surface area contributed by atoms with Crippen molar-refractivity contribution >= 4 is 35.5 Å². The van der Waals surface area contributed by atoms with E-state index in [2.05, 4.69) is 16.0 Å². The number of rotatable bonds is 6. The molecule has 0 bridgehead atoms. The highest BCUT2D eigenvalue weighted by Gasteiger charge is 2.45. The van der Waals surface area contributed by atoms with Gasteiger partial charge in [0, 0.05) is 18.3 Å². The molecule has 1 aromatic rings. The molecule has 0 unspecified atom stereocenters. The van der Waals surface area contributed by atoms with Crippen molar-refractivity contribution in [1.82, 2.24) is 15.5 Å². The number of nitrogens with zero attached hydrogens (tertiary/aromatic N) is 1. The number of esters is 2. The van der Waals surface area contributed by atoms with E-state index in [1.54, 1.807) is 6.92 Å². The molecule has 4 amide bonds. The lowest BCUT2D eigenvalue weighted by Gasteiger charge is -2.47. The quantitative estimate of drug-likeness (QED) is 0.529. The molecule has 0 radical (unpaired) electrons. The van der Waals surface area contributed by atoms with Crippen LogP contribution in [0, 0.1) is 0 Å². The first-order chi connectivity index (χ1) is 16.3. The van der Waals surface area contributed by atoms with E-state index in [1.807, 2.05) is 0 Å². The third kappa shape index (κ3) is 5.46. The molecule has 0 spiro atoms. The molecule has 2 aliphatic rings. The zero-order valence-electron chi connectivity index (χ0n) is 19.5. The van der Waals surface area contributed by atoms with Crippen LogP contribution in [0.4, 0.5) is 10.5 Å². The van der Waals surface area contributed by atoms with Gasteiger partial charge in [0.05, 0.1) is 37.8 Å². The Morgan fingerprint density at radius 1 is 1.03 bits per heavy atom. The summed E-state index contributed by atoms with van der Waals surface area (Å²) in [5.41, 5.74) is 0.250. The van der Waals surface area contributed by atoms with Crippen molar-refractivity contribution in [3.8, 4) is 0 Å². The molecule has 1 aromatic carbocycles. The fraction of sp³-hybridized carbons (Fsp3) is 0.522. The summed E-state index contributed by atoms with van der Waals surface area (Å²) >= 11 is 0. The predicted molar refractivity (Wildman–Crippen MR) is 121 cm³/mol. The summed E-state index contributed by atoms with van der Waals surface area (Å²) in [6.07, 6.45) is 3.13. The van der Waals surface area contributed by atoms with Crippen LogP contribution in [-0.4, -0.2) is 73.6 Å². The number of hydrogen-bond donors (Lipinski definition) is 3. The van der Waals surface area contributed by atoms with Gasteiger partial charge in [0.25, 0.3) is 0 Å². The SMILES string of the molecule is CCNC(=O)N1[C@H](CC(=O)Nc2cc(C(=O)OC)cc(C(=O)OC)c2)C(=O)N[C@@H]2CCCC[C@@H]21. The molecule has 11 nitrogen and oxygen atoms in total. The van der Waals surface area contributed by atoms with Crippen LogP contribution in [0.25, 0.3) is 0 Å². The van der Waals surface area contributed by atoms with Gasteiger partial charge in [-0.25, -0.2) is 14.4 Å². The summed E-state index contributed by atoms with van der Waals surface area (Å²) < 4.78 is 9.41. The number of nitrogens with one attached hydrogen (secondary N) is 3. The minimum Gasteiger partial charge on any atom is -0.465 e. The summed E-state index contributed by atoms with van der Waals surface area (Å²) in [6.45, 7) is 2.18. The first kappa shape index (κ1) is 25.0. The Labute approximate surface area is 197 Å². The summed E-state index contributed by atoms with van der Waals surface area (Å²) in [5, 5.41) is 8.33. The molecule has 1 aliphatic heterocycles. The molecule has 3 atom stereocenters. The van der Waals surface area contributed by atoms with Gasteiger partial charge in [-0.3, -0.25) is 9.59 Å². The molecule has 184 valence electrons. The second kappa shape index (κ2) is 11.0. The number of methoxy groups -OCH3 is 2. The number of amides is 4. The van der Waals surface area contributed by atoms with Gasteiger partial charge in [-0.15, -0.1) is 0 Å². The van der Waals surface area contributed by atoms with E-state index in [-0.39, 0.29) is 47.3 Å². The topological polar surface area (TPSA) is 143 Å². The van der Waals surface area contributed by atoms with E-state index >= 15 is 0 Å². The molecule has 3 N–H and O–H groups in total. The van der Waals surface area contributed by atoms with Crippen molar-refractivity contribution in [2.75, 3.05) is 26.1 Å². The first-order valence-corrected chi connectivity index (χ1v) is 11.3. The smallest absolute Gasteiger partial charge is 0.337 e. The summed E-state index contributed by atoms with van der Waals surface area (Å²) in [4.78, 5) is 64.2. The third-order valence-corrected chi connectivity index (χ3v) is 6.05. The Balaban J connectivity index is 1.83. The zero-order chi connectivity index (χ0) is 24.8. The van der Waals surface area contributed by atoms with E-state index in [4.69, 9.17) is 9.47 Å². The molecule has 1 saturated heterocycles. The minimum absolute atomic E-state index is 0.0464. The summed E-state index contributed by atoms with van der Waals surface area (Å²) in [7, 11) is 2.39. The minimum atomic E-state index is -0.991. The van der Waals surface area contributed by atoms with Gasteiger partial charge in [0.2, 0.25) is 11.8 Å². The van der Waals surface area contributed by atoms with Crippen molar-refractivity contribution < 1.29 is 33.4 Å². The van der Waals surface area contributed by atoms with Gasteiger partial charge in [0.15, 0.2) is 0 Å². The number of fused-ring (bicyclic) bond motifs is 1. The number of hydrogen-bond acceptors (Lipinski definition) is 7. The Hall–Kier alpha value is -3.63. The number of ether oxygens (including phenoxy) is 2. The number of benzene rings is 1. The highest BCUT2D eigenvalue weighted by atomic mass is 16.5. The number of urea groups is 1. The monoisotopic (exact) mass is 474 g/mol.